The number of likely N-dealkylation sites (N-methyl/N-ethyl adjacent to an activating group) is 1. The van der Waals surface area contributed by atoms with Gasteiger partial charge >= 0.3 is 0 Å². The second kappa shape index (κ2) is 8.62. The molecule has 28 heavy (non-hydrogen) atoms. The van der Waals surface area contributed by atoms with Crippen LogP contribution in [0.4, 0.5) is 13.9 Å². The molecule has 0 unspecified atom stereocenters. The topological polar surface area (TPSA) is 46.9 Å². The first-order valence-electron chi connectivity index (χ1n) is 8.99. The number of carbonyl (C=O) groups excluding carboxylic acids is 1. The molecule has 5 nitrogen and oxygen atoms in total. The van der Waals surface area contributed by atoms with Gasteiger partial charge in [0.1, 0.15) is 22.9 Å². The summed E-state index contributed by atoms with van der Waals surface area (Å²) >= 11 is 1.29. The summed E-state index contributed by atoms with van der Waals surface area (Å²) in [5, 5.41) is 0.401. The van der Waals surface area contributed by atoms with Crippen LogP contribution in [0.15, 0.2) is 36.4 Å². The number of amides is 1. The highest BCUT2D eigenvalue weighted by Crippen LogP contribution is 2.32. The van der Waals surface area contributed by atoms with Crippen molar-refractivity contribution < 1.29 is 23.2 Å². The number of nitrogens with zero attached hydrogens (tertiary/aromatic N) is 2. The molecule has 0 aliphatic heterocycles. The summed E-state index contributed by atoms with van der Waals surface area (Å²) in [6.07, 6.45) is 0. The Hall–Kier alpha value is -2.58. The molecule has 0 spiro atoms. The van der Waals surface area contributed by atoms with E-state index in [1.165, 1.54) is 22.3 Å². The number of aromatic nitrogens is 1. The minimum absolute atomic E-state index is 0.285. The van der Waals surface area contributed by atoms with Crippen LogP contribution in [0.5, 0.6) is 5.75 Å². The standard InChI is InChI=1S/C20H21F2N3O2S/c1-4-27-13-8-9-16-17(12-13)28-20(23-16)25(11-10-24(2)3)19(26)18-14(21)6-5-7-15(18)22/h5-9,12H,4,10-11H2,1-3H3/p+1. The SMILES string of the molecule is CCOc1ccc2nc(N(CC[NH+](C)C)C(=O)c3c(F)cccc3F)sc2c1. The molecule has 1 amide bonds. The van der Waals surface area contributed by atoms with E-state index in [-0.39, 0.29) is 6.54 Å². The van der Waals surface area contributed by atoms with E-state index in [1.807, 2.05) is 39.2 Å². The van der Waals surface area contributed by atoms with E-state index in [2.05, 4.69) is 4.98 Å². The monoisotopic (exact) mass is 406 g/mol. The van der Waals surface area contributed by atoms with Gasteiger partial charge in [0, 0.05) is 0 Å². The van der Waals surface area contributed by atoms with E-state index in [0.717, 1.165) is 21.7 Å². The summed E-state index contributed by atoms with van der Waals surface area (Å²) in [4.78, 5) is 20.0. The highest BCUT2D eigenvalue weighted by Gasteiger charge is 2.27. The molecular weight excluding hydrogens is 384 g/mol. The van der Waals surface area contributed by atoms with Crippen molar-refractivity contribution >= 4 is 32.6 Å². The highest BCUT2D eigenvalue weighted by molar-refractivity contribution is 7.22. The number of quaternary nitrogens is 1. The van der Waals surface area contributed by atoms with Crippen LogP contribution in [0.2, 0.25) is 0 Å². The molecule has 0 bridgehead atoms. The Morgan fingerprint density at radius 3 is 2.57 bits per heavy atom. The van der Waals surface area contributed by atoms with Gasteiger partial charge in [0.15, 0.2) is 5.13 Å². The zero-order valence-corrected chi connectivity index (χ0v) is 16.8. The quantitative estimate of drug-likeness (QED) is 0.656. The Morgan fingerprint density at radius 2 is 1.93 bits per heavy atom. The third-order valence-corrected chi connectivity index (χ3v) is 5.19. The van der Waals surface area contributed by atoms with Crippen molar-refractivity contribution in [3.8, 4) is 5.75 Å². The maximum absolute atomic E-state index is 14.2. The smallest absolute Gasteiger partial charge is 0.266 e. The van der Waals surface area contributed by atoms with Crippen LogP contribution in [0.25, 0.3) is 10.2 Å². The van der Waals surface area contributed by atoms with Crippen LogP contribution in [-0.4, -0.2) is 44.7 Å². The average molecular weight is 406 g/mol. The number of carbonyl (C=O) groups is 1. The van der Waals surface area contributed by atoms with E-state index < -0.39 is 23.1 Å². The van der Waals surface area contributed by atoms with Crippen molar-refractivity contribution in [1.29, 1.82) is 0 Å². The lowest BCUT2D eigenvalue weighted by Crippen LogP contribution is -3.06. The molecule has 1 heterocycles. The maximum atomic E-state index is 14.2. The minimum atomic E-state index is -0.882. The number of fused-ring (bicyclic) bond motifs is 1. The first-order valence-corrected chi connectivity index (χ1v) is 9.80. The molecule has 0 aliphatic carbocycles. The Bertz CT molecular complexity index is 970. The largest absolute Gasteiger partial charge is 0.494 e. The van der Waals surface area contributed by atoms with Gasteiger partial charge in [-0.2, -0.15) is 0 Å². The van der Waals surface area contributed by atoms with Gasteiger partial charge in [0.05, 0.1) is 44.0 Å². The molecule has 1 aromatic heterocycles. The van der Waals surface area contributed by atoms with Crippen molar-refractivity contribution in [3.63, 3.8) is 0 Å². The molecule has 3 rings (SSSR count). The summed E-state index contributed by atoms with van der Waals surface area (Å²) in [5.74, 6) is -1.79. The van der Waals surface area contributed by atoms with Crippen LogP contribution in [0, 0.1) is 11.6 Å². The summed E-state index contributed by atoms with van der Waals surface area (Å²) in [6.45, 7) is 3.32. The van der Waals surface area contributed by atoms with Gasteiger partial charge in [-0.1, -0.05) is 17.4 Å². The van der Waals surface area contributed by atoms with Crippen LogP contribution < -0.4 is 14.5 Å². The van der Waals surface area contributed by atoms with Gasteiger partial charge in [-0.15, -0.1) is 0 Å². The molecule has 0 aliphatic rings. The zero-order valence-electron chi connectivity index (χ0n) is 16.0. The van der Waals surface area contributed by atoms with Gasteiger partial charge in [0.2, 0.25) is 0 Å². The molecular formula is C20H22F2N3O2S+. The van der Waals surface area contributed by atoms with Crippen molar-refractivity contribution in [3.05, 3.63) is 53.6 Å². The van der Waals surface area contributed by atoms with Crippen LogP contribution in [0.3, 0.4) is 0 Å². The van der Waals surface area contributed by atoms with Gasteiger partial charge < -0.3 is 9.64 Å². The third kappa shape index (κ3) is 4.28. The minimum Gasteiger partial charge on any atom is -0.494 e. The van der Waals surface area contributed by atoms with Crippen molar-refractivity contribution in [2.24, 2.45) is 0 Å². The van der Waals surface area contributed by atoms with E-state index >= 15 is 0 Å². The first kappa shape index (κ1) is 20.2. The fraction of sp³-hybridized carbons (Fsp3) is 0.300. The van der Waals surface area contributed by atoms with Crippen LogP contribution in [0.1, 0.15) is 17.3 Å². The molecule has 8 heteroatoms. The zero-order chi connectivity index (χ0) is 20.3. The van der Waals surface area contributed by atoms with Crippen molar-refractivity contribution in [2.45, 2.75) is 6.92 Å². The van der Waals surface area contributed by atoms with Gasteiger partial charge in [-0.25, -0.2) is 13.8 Å². The molecule has 0 saturated heterocycles. The predicted molar refractivity (Wildman–Crippen MR) is 107 cm³/mol. The lowest BCUT2D eigenvalue weighted by Gasteiger charge is -2.21. The van der Waals surface area contributed by atoms with E-state index in [4.69, 9.17) is 4.74 Å². The Kier molecular flexibility index (Phi) is 6.21. The average Bonchev–Trinajstić information content (AvgIpc) is 3.04. The third-order valence-electron chi connectivity index (χ3n) is 4.15. The molecule has 0 atom stereocenters. The second-order valence-corrected chi connectivity index (χ2v) is 7.58. The van der Waals surface area contributed by atoms with Crippen LogP contribution >= 0.6 is 11.3 Å². The lowest BCUT2D eigenvalue weighted by atomic mass is 10.1. The number of ether oxygens (including phenoxy) is 1. The Labute approximate surface area is 166 Å². The van der Waals surface area contributed by atoms with Gasteiger partial charge in [-0.3, -0.25) is 9.69 Å². The number of hydrogen-bond acceptors (Lipinski definition) is 4. The van der Waals surface area contributed by atoms with Crippen molar-refractivity contribution in [2.75, 3.05) is 38.7 Å². The second-order valence-electron chi connectivity index (χ2n) is 6.57. The summed E-state index contributed by atoms with van der Waals surface area (Å²) in [7, 11) is 3.89. The first-order chi connectivity index (χ1) is 13.4. The predicted octanol–water partition coefficient (Wildman–Crippen LogP) is 2.76. The molecule has 2 aromatic carbocycles. The number of anilines is 1. The fourth-order valence-corrected chi connectivity index (χ4v) is 3.74. The molecule has 0 fully saturated rings. The Morgan fingerprint density at radius 1 is 1.21 bits per heavy atom. The number of halogens is 2. The molecule has 0 radical (unpaired) electrons. The molecule has 3 aromatic rings. The molecule has 0 saturated carbocycles. The van der Waals surface area contributed by atoms with Crippen molar-refractivity contribution in [1.82, 2.24) is 4.98 Å². The number of benzene rings is 2. The van der Waals surface area contributed by atoms with E-state index in [0.29, 0.717) is 29.5 Å². The van der Waals surface area contributed by atoms with Crippen LogP contribution in [-0.2, 0) is 0 Å². The summed E-state index contributed by atoms with van der Waals surface area (Å²) in [5.41, 5.74) is 0.137. The maximum Gasteiger partial charge on any atom is 0.266 e. The number of rotatable bonds is 7. The van der Waals surface area contributed by atoms with E-state index in [9.17, 15) is 13.6 Å². The van der Waals surface area contributed by atoms with E-state index in [1.54, 1.807) is 0 Å². The van der Waals surface area contributed by atoms with Gasteiger partial charge in [-0.05, 0) is 37.3 Å². The fourth-order valence-electron chi connectivity index (χ4n) is 2.72. The highest BCUT2D eigenvalue weighted by atomic mass is 32.1. The summed E-state index contributed by atoms with van der Waals surface area (Å²) < 4.78 is 34.7. The Balaban J connectivity index is 2.02. The molecule has 148 valence electrons. The number of hydrogen-bond donors (Lipinski definition) is 1. The van der Waals surface area contributed by atoms with Gasteiger partial charge in [0.25, 0.3) is 5.91 Å². The molecule has 1 N–H and O–H groups in total. The normalized spacial score (nSPS) is 11.2. The summed E-state index contributed by atoms with van der Waals surface area (Å²) in [6, 6.07) is 8.87. The lowest BCUT2D eigenvalue weighted by molar-refractivity contribution is -0.856. The number of thiazole rings is 1. The number of nitrogens with one attached hydrogen (secondary N) is 1.